The summed E-state index contributed by atoms with van der Waals surface area (Å²) in [5.41, 5.74) is 0.498. The number of unbranched alkanes of at least 4 members (excludes halogenated alkanes) is 12. The highest BCUT2D eigenvalue weighted by atomic mass is 16.4. The largest absolute Gasteiger partial charge is 0.508 e. The lowest BCUT2D eigenvalue weighted by molar-refractivity contribution is -0.142. The molecule has 8 N–H and O–H groups in total. The molecule has 1 aromatic rings. The number of carbonyl (C=O) groups excluding carboxylic acids is 7. The van der Waals surface area contributed by atoms with Crippen LogP contribution in [0.3, 0.4) is 0 Å². The Labute approximate surface area is 354 Å². The summed E-state index contributed by atoms with van der Waals surface area (Å²) in [5, 5.41) is 48.9. The number of Topliss-reactive ketones (excluding diaryl/α,β-unsaturated/α-hetero) is 3. The zero-order chi connectivity index (χ0) is 44.9. The van der Waals surface area contributed by atoms with Gasteiger partial charge in [-0.25, -0.2) is 0 Å². The van der Waals surface area contributed by atoms with Crippen molar-refractivity contribution in [1.82, 2.24) is 21.3 Å². The molecule has 16 nitrogen and oxygen atoms in total. The number of hydrogen-bond acceptors (Lipinski definition) is 11. The summed E-state index contributed by atoms with van der Waals surface area (Å²) in [6.07, 6.45) is 12.0. The van der Waals surface area contributed by atoms with Gasteiger partial charge in [-0.15, -0.1) is 0 Å². The van der Waals surface area contributed by atoms with Crippen LogP contribution in [0.1, 0.15) is 135 Å². The zero-order valence-corrected chi connectivity index (χ0v) is 35.8. The van der Waals surface area contributed by atoms with E-state index in [4.69, 9.17) is 0 Å². The summed E-state index contributed by atoms with van der Waals surface area (Å²) in [6.45, 7) is 1.85. The number of aliphatic carboxylic acids is 1. The Hall–Kier alpha value is -4.70. The molecule has 0 bridgehead atoms. The lowest BCUT2D eigenvalue weighted by atomic mass is 9.90. The van der Waals surface area contributed by atoms with E-state index in [1.165, 1.54) is 96.0 Å². The molecule has 60 heavy (non-hydrogen) atoms. The predicted molar refractivity (Wildman–Crippen MR) is 225 cm³/mol. The van der Waals surface area contributed by atoms with Crippen LogP contribution in [0.4, 0.5) is 0 Å². The van der Waals surface area contributed by atoms with Gasteiger partial charge >= 0.3 is 5.97 Å². The van der Waals surface area contributed by atoms with Crippen molar-refractivity contribution in [2.75, 3.05) is 26.7 Å². The van der Waals surface area contributed by atoms with Crippen LogP contribution in [0.2, 0.25) is 0 Å². The van der Waals surface area contributed by atoms with E-state index in [0.717, 1.165) is 19.3 Å². The van der Waals surface area contributed by atoms with Gasteiger partial charge in [0.1, 0.15) is 5.75 Å². The molecule has 338 valence electrons. The van der Waals surface area contributed by atoms with Gasteiger partial charge in [0.2, 0.25) is 23.6 Å². The van der Waals surface area contributed by atoms with E-state index in [1.54, 1.807) is 0 Å². The van der Waals surface area contributed by atoms with E-state index in [-0.39, 0.29) is 31.0 Å². The lowest BCUT2D eigenvalue weighted by Gasteiger charge is -2.25. The molecule has 1 aromatic carbocycles. The smallest absolute Gasteiger partial charge is 0.304 e. The molecule has 0 saturated carbocycles. The number of aromatic hydroxyl groups is 1. The highest BCUT2D eigenvalue weighted by Gasteiger charge is 2.33. The molecular weight excluding hydrogens is 777 g/mol. The van der Waals surface area contributed by atoms with Gasteiger partial charge in [-0.05, 0) is 37.5 Å². The molecule has 0 aliphatic carbocycles. The molecule has 0 aliphatic rings. The molecule has 0 fully saturated rings. The first-order valence-corrected chi connectivity index (χ1v) is 21.5. The number of hydrogen-bond donors (Lipinski definition) is 8. The maximum absolute atomic E-state index is 13.4. The molecule has 0 aliphatic heterocycles. The van der Waals surface area contributed by atoms with Gasteiger partial charge in [0.25, 0.3) is 0 Å². The highest BCUT2D eigenvalue weighted by Crippen LogP contribution is 2.18. The van der Waals surface area contributed by atoms with Crippen molar-refractivity contribution in [3.05, 3.63) is 29.8 Å². The van der Waals surface area contributed by atoms with E-state index >= 15 is 0 Å². The normalized spacial score (nSPS) is 13.6. The van der Waals surface area contributed by atoms with Crippen LogP contribution < -0.4 is 21.3 Å². The maximum Gasteiger partial charge on any atom is 0.304 e. The van der Waals surface area contributed by atoms with E-state index < -0.39 is 110 Å². The Morgan fingerprint density at radius 3 is 1.70 bits per heavy atom. The third-order valence-electron chi connectivity index (χ3n) is 10.4. The Bertz CT molecular complexity index is 1500. The van der Waals surface area contributed by atoms with Crippen LogP contribution in [0, 0.1) is 17.8 Å². The summed E-state index contributed by atoms with van der Waals surface area (Å²) in [4.78, 5) is 101. The van der Waals surface area contributed by atoms with Crippen molar-refractivity contribution >= 4 is 46.9 Å². The van der Waals surface area contributed by atoms with Crippen LogP contribution >= 0.6 is 0 Å². The second-order valence-electron chi connectivity index (χ2n) is 15.7. The highest BCUT2D eigenvalue weighted by molar-refractivity contribution is 5.96. The maximum atomic E-state index is 13.4. The van der Waals surface area contributed by atoms with Crippen LogP contribution in [0.15, 0.2) is 24.3 Å². The number of rotatable bonds is 35. The van der Waals surface area contributed by atoms with E-state index in [9.17, 15) is 58.8 Å². The topological polar surface area (TPSA) is 266 Å². The summed E-state index contributed by atoms with van der Waals surface area (Å²) in [6, 6.07) is 4.40. The summed E-state index contributed by atoms with van der Waals surface area (Å²) < 4.78 is 0. The quantitative estimate of drug-likeness (QED) is 0.0457. The van der Waals surface area contributed by atoms with E-state index in [1.807, 2.05) is 0 Å². The predicted octanol–water partition coefficient (Wildman–Crippen LogP) is 3.45. The second kappa shape index (κ2) is 31.2. The summed E-state index contributed by atoms with van der Waals surface area (Å²) >= 11 is 0. The van der Waals surface area contributed by atoms with Crippen molar-refractivity contribution in [2.24, 2.45) is 17.8 Å². The number of amides is 4. The van der Waals surface area contributed by atoms with E-state index in [2.05, 4.69) is 28.2 Å². The standard InChI is InChI=1S/C44H70N4O12/c1-4-5-6-7-8-9-10-11-12-13-14-15-16-17-40(55)46-27-35(52)23-33(29-49)43(59)47-28-36(53)26-37(30(2)50)44(60)48-38(22-31-18-20-34(51)21-19-31)39(54)24-32(25-41(56)57)42(58)45-3/h18-21,30,32-33,37-38,49-51H,4-17,22-29H2,1-3H3,(H,45,58)(H,46,55)(H,47,59)(H,48,60)(H,56,57)/t30-,32+,33+,37+,38+/m1/s1. The SMILES string of the molecule is CCCCCCCCCCCCCCCC(=O)NCC(=O)C[C@@H](CO)C(=O)NCC(=O)C[C@H](C(=O)N[C@@H](Cc1ccc(O)cc1)C(=O)C[C@@H](CC(=O)O)C(=O)NC)[C@@H](C)O. The monoisotopic (exact) mass is 846 g/mol. The van der Waals surface area contributed by atoms with Crippen molar-refractivity contribution in [1.29, 1.82) is 0 Å². The molecule has 0 spiro atoms. The van der Waals surface area contributed by atoms with Gasteiger partial charge in [0.05, 0.1) is 56.0 Å². The first kappa shape index (κ1) is 53.3. The van der Waals surface area contributed by atoms with Gasteiger partial charge in [-0.2, -0.15) is 0 Å². The fourth-order valence-electron chi connectivity index (χ4n) is 6.76. The molecule has 0 unspecified atom stereocenters. The molecule has 16 heteroatoms. The average Bonchev–Trinajstić information content (AvgIpc) is 3.21. The minimum absolute atomic E-state index is 0.0532. The Kier molecular flexibility index (Phi) is 27.7. The fourth-order valence-corrected chi connectivity index (χ4v) is 6.76. The molecule has 0 saturated heterocycles. The molecule has 4 amide bonds. The summed E-state index contributed by atoms with van der Waals surface area (Å²) in [7, 11) is 1.29. The van der Waals surface area contributed by atoms with E-state index in [0.29, 0.717) is 12.0 Å². The third kappa shape index (κ3) is 23.8. The van der Waals surface area contributed by atoms with Gasteiger partial charge in [-0.3, -0.25) is 38.4 Å². The molecule has 0 aromatic heterocycles. The minimum atomic E-state index is -1.40. The number of carboxylic acid groups (broad SMARTS) is 1. The van der Waals surface area contributed by atoms with Crippen molar-refractivity contribution in [3.8, 4) is 5.75 Å². The first-order chi connectivity index (χ1) is 28.6. The van der Waals surface area contributed by atoms with Crippen LogP contribution in [-0.4, -0.2) is 106 Å². The number of carbonyl (C=O) groups is 8. The van der Waals surface area contributed by atoms with Gasteiger partial charge in [-0.1, -0.05) is 96.1 Å². The van der Waals surface area contributed by atoms with Crippen LogP contribution in [-0.2, 0) is 44.8 Å². The Morgan fingerprint density at radius 2 is 1.18 bits per heavy atom. The number of aliphatic hydroxyl groups is 2. The molecule has 0 heterocycles. The van der Waals surface area contributed by atoms with Crippen LogP contribution in [0.5, 0.6) is 5.75 Å². The minimum Gasteiger partial charge on any atom is -0.508 e. The summed E-state index contributed by atoms with van der Waals surface area (Å²) in [5.74, 6) is -9.73. The van der Waals surface area contributed by atoms with Crippen molar-refractivity contribution < 1.29 is 58.8 Å². The number of phenolic OH excluding ortho intramolecular Hbond substituents is 1. The van der Waals surface area contributed by atoms with Crippen molar-refractivity contribution in [3.63, 3.8) is 0 Å². The van der Waals surface area contributed by atoms with Gasteiger partial charge in [0, 0.05) is 32.7 Å². The Balaban J connectivity index is 2.62. The first-order valence-electron chi connectivity index (χ1n) is 21.5. The molecular formula is C44H70N4O12. The number of nitrogens with one attached hydrogen (secondary N) is 4. The number of carboxylic acids is 1. The fraction of sp³-hybridized carbons (Fsp3) is 0.682. The molecule has 0 radical (unpaired) electrons. The second-order valence-corrected chi connectivity index (χ2v) is 15.7. The van der Waals surface area contributed by atoms with Gasteiger partial charge < -0.3 is 41.7 Å². The number of ketones is 3. The molecule has 1 rings (SSSR count). The number of phenols is 1. The number of benzene rings is 1. The lowest BCUT2D eigenvalue weighted by Crippen LogP contribution is -2.49. The zero-order valence-electron chi connectivity index (χ0n) is 35.8. The third-order valence-corrected chi connectivity index (χ3v) is 10.4. The van der Waals surface area contributed by atoms with Crippen LogP contribution in [0.25, 0.3) is 0 Å². The van der Waals surface area contributed by atoms with Gasteiger partial charge in [0.15, 0.2) is 17.3 Å². The molecule has 5 atom stereocenters. The average molecular weight is 847 g/mol. The number of aliphatic hydroxyl groups excluding tert-OH is 2. The Morgan fingerprint density at radius 1 is 0.650 bits per heavy atom. The van der Waals surface area contributed by atoms with Crippen molar-refractivity contribution in [2.45, 2.75) is 148 Å².